The monoisotopic (exact) mass is 395 g/mol. The van der Waals surface area contributed by atoms with E-state index in [1.807, 2.05) is 25.1 Å². The molecule has 0 bridgehead atoms. The molecule has 29 heavy (non-hydrogen) atoms. The fourth-order valence-electron chi connectivity index (χ4n) is 3.99. The van der Waals surface area contributed by atoms with E-state index in [-0.39, 0.29) is 11.9 Å². The van der Waals surface area contributed by atoms with E-state index in [1.54, 1.807) is 0 Å². The Kier molecular flexibility index (Phi) is 8.91. The summed E-state index contributed by atoms with van der Waals surface area (Å²) >= 11 is 0. The van der Waals surface area contributed by atoms with Gasteiger partial charge in [0.05, 0.1) is 0 Å². The molecule has 3 heteroatoms. The smallest absolute Gasteiger partial charge is 0.311 e. The highest BCUT2D eigenvalue weighted by Crippen LogP contribution is 2.36. The Balaban J connectivity index is 2.41. The molecule has 0 radical (unpaired) electrons. The maximum absolute atomic E-state index is 12.2. The largest absolute Gasteiger partial charge is 0.426 e. The number of rotatable bonds is 10. The van der Waals surface area contributed by atoms with Crippen LogP contribution in [0.2, 0.25) is 0 Å². The van der Waals surface area contributed by atoms with Gasteiger partial charge in [-0.15, -0.1) is 0 Å². The molecule has 1 atom stereocenters. The molecule has 3 nitrogen and oxygen atoms in total. The van der Waals surface area contributed by atoms with Gasteiger partial charge in [0.1, 0.15) is 5.75 Å². The topological polar surface area (TPSA) is 29.5 Å². The van der Waals surface area contributed by atoms with Gasteiger partial charge in [0.25, 0.3) is 0 Å². The summed E-state index contributed by atoms with van der Waals surface area (Å²) in [5, 5.41) is 0. The highest BCUT2D eigenvalue weighted by atomic mass is 16.5. The van der Waals surface area contributed by atoms with Crippen molar-refractivity contribution in [2.75, 3.05) is 6.54 Å². The summed E-state index contributed by atoms with van der Waals surface area (Å²) in [6.45, 7) is 14.1. The minimum Gasteiger partial charge on any atom is -0.426 e. The first-order valence-corrected chi connectivity index (χ1v) is 10.9. The average molecular weight is 396 g/mol. The van der Waals surface area contributed by atoms with Crippen LogP contribution in [0, 0.1) is 6.92 Å². The van der Waals surface area contributed by atoms with Crippen molar-refractivity contribution in [3.05, 3.63) is 65.2 Å². The number of carbonyl (C=O) groups is 1. The molecule has 158 valence electrons. The normalized spacial score (nSPS) is 12.6. The first-order valence-electron chi connectivity index (χ1n) is 10.9. The van der Waals surface area contributed by atoms with Crippen LogP contribution in [0.5, 0.6) is 5.75 Å². The molecular formula is C26H37NO2. The van der Waals surface area contributed by atoms with E-state index in [0.29, 0.717) is 24.3 Å². The number of nitrogens with zero attached hydrogens (tertiary/aromatic N) is 1. The van der Waals surface area contributed by atoms with Gasteiger partial charge in [-0.3, -0.25) is 9.69 Å². The SMILES string of the molecule is CCCC(=O)Oc1ccc(C)cc1C(CCN(C(C)C)C(C)C)c1ccccc1. The molecule has 2 rings (SSSR count). The van der Waals surface area contributed by atoms with Gasteiger partial charge >= 0.3 is 5.97 Å². The molecule has 0 heterocycles. The van der Waals surface area contributed by atoms with Crippen LogP contribution in [-0.2, 0) is 4.79 Å². The Morgan fingerprint density at radius 2 is 1.66 bits per heavy atom. The van der Waals surface area contributed by atoms with Crippen molar-refractivity contribution >= 4 is 5.97 Å². The lowest BCUT2D eigenvalue weighted by atomic mass is 9.86. The second-order valence-electron chi connectivity index (χ2n) is 8.44. The van der Waals surface area contributed by atoms with E-state index >= 15 is 0 Å². The van der Waals surface area contributed by atoms with Crippen molar-refractivity contribution in [3.8, 4) is 5.75 Å². The third kappa shape index (κ3) is 6.71. The highest BCUT2D eigenvalue weighted by molar-refractivity contribution is 5.73. The Morgan fingerprint density at radius 3 is 2.24 bits per heavy atom. The van der Waals surface area contributed by atoms with E-state index in [0.717, 1.165) is 24.9 Å². The zero-order chi connectivity index (χ0) is 21.4. The molecule has 0 saturated heterocycles. The Morgan fingerprint density at radius 1 is 1.00 bits per heavy atom. The lowest BCUT2D eigenvalue weighted by Crippen LogP contribution is -2.38. The molecule has 0 fully saturated rings. The lowest BCUT2D eigenvalue weighted by molar-refractivity contribution is -0.134. The van der Waals surface area contributed by atoms with Crippen molar-refractivity contribution in [2.24, 2.45) is 0 Å². The summed E-state index contributed by atoms with van der Waals surface area (Å²) in [7, 11) is 0. The van der Waals surface area contributed by atoms with Gasteiger partial charge in [-0.1, -0.05) is 55.0 Å². The maximum atomic E-state index is 12.2. The number of esters is 1. The van der Waals surface area contributed by atoms with Crippen LogP contribution in [0.25, 0.3) is 0 Å². The van der Waals surface area contributed by atoms with Crippen LogP contribution in [0.4, 0.5) is 0 Å². The maximum Gasteiger partial charge on any atom is 0.311 e. The molecule has 0 saturated carbocycles. The van der Waals surface area contributed by atoms with E-state index < -0.39 is 0 Å². The quantitative estimate of drug-likeness (QED) is 0.347. The number of hydrogen-bond donors (Lipinski definition) is 0. The summed E-state index contributed by atoms with van der Waals surface area (Å²) < 4.78 is 5.79. The number of aryl methyl sites for hydroxylation is 1. The van der Waals surface area contributed by atoms with Gasteiger partial charge in [0, 0.05) is 30.0 Å². The van der Waals surface area contributed by atoms with Crippen LogP contribution < -0.4 is 4.74 Å². The summed E-state index contributed by atoms with van der Waals surface area (Å²) in [5.74, 6) is 0.722. The molecular weight excluding hydrogens is 358 g/mol. The van der Waals surface area contributed by atoms with Gasteiger partial charge in [0.2, 0.25) is 0 Å². The zero-order valence-corrected chi connectivity index (χ0v) is 18.9. The van der Waals surface area contributed by atoms with Crippen molar-refractivity contribution in [1.82, 2.24) is 4.90 Å². The average Bonchev–Trinajstić information content (AvgIpc) is 2.67. The molecule has 0 amide bonds. The van der Waals surface area contributed by atoms with Crippen molar-refractivity contribution in [2.45, 2.75) is 78.8 Å². The van der Waals surface area contributed by atoms with Gasteiger partial charge < -0.3 is 4.74 Å². The van der Waals surface area contributed by atoms with E-state index in [4.69, 9.17) is 4.74 Å². The predicted molar refractivity (Wildman–Crippen MR) is 122 cm³/mol. The summed E-state index contributed by atoms with van der Waals surface area (Å²) in [6, 6.07) is 17.7. The minimum atomic E-state index is -0.157. The third-order valence-corrected chi connectivity index (χ3v) is 5.42. The summed E-state index contributed by atoms with van der Waals surface area (Å²) in [4.78, 5) is 14.7. The Labute approximate surface area is 177 Å². The van der Waals surface area contributed by atoms with Crippen molar-refractivity contribution in [3.63, 3.8) is 0 Å². The fraction of sp³-hybridized carbons (Fsp3) is 0.500. The first kappa shape index (κ1) is 23.2. The highest BCUT2D eigenvalue weighted by Gasteiger charge is 2.23. The minimum absolute atomic E-state index is 0.157. The molecule has 0 aliphatic carbocycles. The fourth-order valence-corrected chi connectivity index (χ4v) is 3.99. The summed E-state index contributed by atoms with van der Waals surface area (Å²) in [6.07, 6.45) is 2.21. The van der Waals surface area contributed by atoms with Crippen LogP contribution in [0.1, 0.15) is 76.5 Å². The van der Waals surface area contributed by atoms with Crippen molar-refractivity contribution in [1.29, 1.82) is 0 Å². The standard InChI is InChI=1S/C26H37NO2/c1-7-11-26(28)29-25-15-14-21(6)18-24(25)23(22-12-9-8-10-13-22)16-17-27(19(2)3)20(4)5/h8-10,12-15,18-20,23H,7,11,16-17H2,1-6H3. The van der Waals surface area contributed by atoms with Crippen LogP contribution in [0.3, 0.4) is 0 Å². The molecule has 2 aromatic rings. The molecule has 1 unspecified atom stereocenters. The third-order valence-electron chi connectivity index (χ3n) is 5.42. The van der Waals surface area contributed by atoms with Gasteiger partial charge in [-0.25, -0.2) is 0 Å². The first-order chi connectivity index (χ1) is 13.8. The molecule has 0 N–H and O–H groups in total. The molecule has 0 aliphatic rings. The van der Waals surface area contributed by atoms with Crippen molar-refractivity contribution < 1.29 is 9.53 Å². The van der Waals surface area contributed by atoms with Crippen LogP contribution in [-0.4, -0.2) is 29.5 Å². The van der Waals surface area contributed by atoms with Crippen LogP contribution >= 0.6 is 0 Å². The second-order valence-corrected chi connectivity index (χ2v) is 8.44. The number of ether oxygens (including phenoxy) is 1. The number of benzene rings is 2. The molecule has 2 aromatic carbocycles. The number of carbonyl (C=O) groups excluding carboxylic acids is 1. The lowest BCUT2D eigenvalue weighted by Gasteiger charge is -2.32. The van der Waals surface area contributed by atoms with E-state index in [1.165, 1.54) is 11.1 Å². The number of hydrogen-bond acceptors (Lipinski definition) is 3. The van der Waals surface area contributed by atoms with E-state index in [2.05, 4.69) is 69.9 Å². The molecule has 0 spiro atoms. The zero-order valence-electron chi connectivity index (χ0n) is 18.9. The Bertz CT molecular complexity index is 760. The molecule has 0 aliphatic heterocycles. The van der Waals surface area contributed by atoms with Gasteiger partial charge in [-0.2, -0.15) is 0 Å². The Hall–Kier alpha value is -2.13. The summed E-state index contributed by atoms with van der Waals surface area (Å²) in [5.41, 5.74) is 3.55. The molecule has 0 aromatic heterocycles. The predicted octanol–water partition coefficient (Wildman–Crippen LogP) is 6.34. The van der Waals surface area contributed by atoms with E-state index in [9.17, 15) is 4.79 Å². The van der Waals surface area contributed by atoms with Crippen LogP contribution in [0.15, 0.2) is 48.5 Å². The van der Waals surface area contributed by atoms with Gasteiger partial charge in [-0.05, 0) is 65.6 Å². The van der Waals surface area contributed by atoms with Gasteiger partial charge in [0.15, 0.2) is 0 Å². The second kappa shape index (κ2) is 11.2.